The van der Waals surface area contributed by atoms with Crippen LogP contribution in [0.25, 0.3) is 0 Å². The molecule has 1 N–H and O–H groups in total. The number of benzene rings is 2. The number of nitrogens with zero attached hydrogens (tertiary/aromatic N) is 1. The number of hydrogen-bond donors (Lipinski definition) is 1. The van der Waals surface area contributed by atoms with Crippen molar-refractivity contribution in [3.8, 4) is 0 Å². The third-order valence-electron chi connectivity index (χ3n) is 4.56. The minimum absolute atomic E-state index is 0.0564. The Morgan fingerprint density at radius 3 is 2.39 bits per heavy atom. The van der Waals surface area contributed by atoms with E-state index in [4.69, 9.17) is 11.6 Å². The number of aryl methyl sites for hydroxylation is 1. The lowest BCUT2D eigenvalue weighted by Gasteiger charge is -2.29. The first-order chi connectivity index (χ1) is 13.4. The summed E-state index contributed by atoms with van der Waals surface area (Å²) in [6.45, 7) is 6.62. The van der Waals surface area contributed by atoms with Crippen LogP contribution in [0.15, 0.2) is 48.5 Å². The highest BCUT2D eigenvalue weighted by Crippen LogP contribution is 2.22. The summed E-state index contributed by atoms with van der Waals surface area (Å²) in [5, 5.41) is 3.52. The first kappa shape index (κ1) is 22.3. The summed E-state index contributed by atoms with van der Waals surface area (Å²) in [7, 11) is 0. The maximum absolute atomic E-state index is 13.0. The van der Waals surface area contributed by atoms with Crippen molar-refractivity contribution in [2.45, 2.75) is 39.1 Å². The largest absolute Gasteiger partial charge is 0.355 e. The van der Waals surface area contributed by atoms with Crippen LogP contribution in [0.5, 0.6) is 0 Å². The molecular weight excluding hydrogens is 392 g/mol. The van der Waals surface area contributed by atoms with Crippen LogP contribution >= 0.6 is 23.4 Å². The molecule has 150 valence electrons. The van der Waals surface area contributed by atoms with Gasteiger partial charge in [-0.15, -0.1) is 11.8 Å². The molecule has 1 unspecified atom stereocenters. The van der Waals surface area contributed by atoms with Gasteiger partial charge < -0.3 is 10.2 Å². The average molecular weight is 419 g/mol. The van der Waals surface area contributed by atoms with Gasteiger partial charge in [0.25, 0.3) is 0 Å². The first-order valence-electron chi connectivity index (χ1n) is 9.36. The van der Waals surface area contributed by atoms with Gasteiger partial charge in [-0.3, -0.25) is 9.59 Å². The van der Waals surface area contributed by atoms with E-state index >= 15 is 0 Å². The van der Waals surface area contributed by atoms with Gasteiger partial charge in [0.05, 0.1) is 5.75 Å². The van der Waals surface area contributed by atoms with Crippen molar-refractivity contribution >= 4 is 35.2 Å². The van der Waals surface area contributed by atoms with Crippen molar-refractivity contribution < 1.29 is 9.59 Å². The van der Waals surface area contributed by atoms with Crippen molar-refractivity contribution in [3.05, 3.63) is 70.2 Å². The van der Waals surface area contributed by atoms with Crippen molar-refractivity contribution in [2.75, 3.05) is 12.3 Å². The Hall–Kier alpha value is -1.98. The number of carbonyl (C=O) groups is 2. The number of hydrogen-bond acceptors (Lipinski definition) is 3. The van der Waals surface area contributed by atoms with Gasteiger partial charge in [0, 0.05) is 23.9 Å². The van der Waals surface area contributed by atoms with Crippen molar-refractivity contribution in [1.29, 1.82) is 0 Å². The summed E-state index contributed by atoms with van der Waals surface area (Å²) < 4.78 is 0. The lowest BCUT2D eigenvalue weighted by atomic mass is 10.1. The van der Waals surface area contributed by atoms with Crippen LogP contribution in [0.3, 0.4) is 0 Å². The normalized spacial score (nSPS) is 11.7. The molecule has 2 amide bonds. The van der Waals surface area contributed by atoms with Crippen LogP contribution < -0.4 is 5.32 Å². The lowest BCUT2D eigenvalue weighted by Crippen LogP contribution is -2.48. The summed E-state index contributed by atoms with van der Waals surface area (Å²) in [5.41, 5.74) is 3.15. The zero-order chi connectivity index (χ0) is 20.5. The summed E-state index contributed by atoms with van der Waals surface area (Å²) in [6, 6.07) is 15.0. The molecule has 0 aliphatic rings. The van der Waals surface area contributed by atoms with E-state index < -0.39 is 6.04 Å². The molecule has 0 saturated heterocycles. The topological polar surface area (TPSA) is 49.4 Å². The van der Waals surface area contributed by atoms with Crippen LogP contribution in [0.4, 0.5) is 0 Å². The van der Waals surface area contributed by atoms with E-state index in [0.717, 1.165) is 16.7 Å². The van der Waals surface area contributed by atoms with E-state index in [0.29, 0.717) is 29.6 Å². The highest BCUT2D eigenvalue weighted by atomic mass is 35.5. The van der Waals surface area contributed by atoms with E-state index in [1.165, 1.54) is 11.8 Å². The van der Waals surface area contributed by atoms with Gasteiger partial charge in [-0.1, -0.05) is 54.1 Å². The molecule has 0 aromatic heterocycles. The van der Waals surface area contributed by atoms with E-state index in [1.807, 2.05) is 62.4 Å². The number of thioether (sulfide) groups is 1. The zero-order valence-corrected chi connectivity index (χ0v) is 18.1. The summed E-state index contributed by atoms with van der Waals surface area (Å²) in [6.07, 6.45) is 0. The van der Waals surface area contributed by atoms with Crippen LogP contribution in [0.1, 0.15) is 30.5 Å². The zero-order valence-electron chi connectivity index (χ0n) is 16.6. The Kier molecular flexibility index (Phi) is 8.87. The monoisotopic (exact) mass is 418 g/mol. The molecular formula is C22H27ClN2O2S. The third-order valence-corrected chi connectivity index (χ3v) is 5.90. The molecule has 0 fully saturated rings. The predicted octanol–water partition coefficient (Wildman–Crippen LogP) is 4.44. The summed E-state index contributed by atoms with van der Waals surface area (Å²) in [5.74, 6) is 0.750. The molecule has 0 heterocycles. The molecule has 0 aliphatic heterocycles. The Labute approximate surface area is 176 Å². The van der Waals surface area contributed by atoms with Crippen LogP contribution in [-0.4, -0.2) is 35.1 Å². The standard InChI is InChI=1S/C22H27ClN2O2S/c1-4-24-22(27)17(3)25(13-18-10-6-5-9-16(18)2)21(26)15-28-14-19-11-7-8-12-20(19)23/h5-12,17H,4,13-15H2,1-3H3,(H,24,27). The molecule has 28 heavy (non-hydrogen) atoms. The van der Waals surface area contributed by atoms with Crippen molar-refractivity contribution in [2.24, 2.45) is 0 Å². The first-order valence-corrected chi connectivity index (χ1v) is 10.9. The number of amides is 2. The van der Waals surface area contributed by atoms with E-state index in [-0.39, 0.29) is 11.8 Å². The van der Waals surface area contributed by atoms with Gasteiger partial charge in [0.2, 0.25) is 11.8 Å². The van der Waals surface area contributed by atoms with Crippen LogP contribution in [0, 0.1) is 6.92 Å². The molecule has 1 atom stereocenters. The van der Waals surface area contributed by atoms with Gasteiger partial charge in [-0.2, -0.15) is 0 Å². The average Bonchev–Trinajstić information content (AvgIpc) is 2.68. The molecule has 0 aliphatic carbocycles. The molecule has 4 nitrogen and oxygen atoms in total. The van der Waals surface area contributed by atoms with Gasteiger partial charge in [-0.25, -0.2) is 0 Å². The Balaban J connectivity index is 2.08. The fourth-order valence-corrected chi connectivity index (χ4v) is 4.02. The minimum atomic E-state index is -0.534. The maximum atomic E-state index is 13.0. The number of carbonyl (C=O) groups excluding carboxylic acids is 2. The molecule has 0 radical (unpaired) electrons. The fraction of sp³-hybridized carbons (Fsp3) is 0.364. The second-order valence-corrected chi connectivity index (χ2v) is 8.00. The highest BCUT2D eigenvalue weighted by Gasteiger charge is 2.26. The molecule has 2 aromatic carbocycles. The Bertz CT molecular complexity index is 813. The molecule has 2 rings (SSSR count). The van der Waals surface area contributed by atoms with Crippen LogP contribution in [0.2, 0.25) is 5.02 Å². The maximum Gasteiger partial charge on any atom is 0.242 e. The van der Waals surface area contributed by atoms with Gasteiger partial charge in [0.1, 0.15) is 6.04 Å². The van der Waals surface area contributed by atoms with Crippen molar-refractivity contribution in [3.63, 3.8) is 0 Å². The molecule has 2 aromatic rings. The second-order valence-electron chi connectivity index (χ2n) is 6.60. The minimum Gasteiger partial charge on any atom is -0.355 e. The number of halogens is 1. The van der Waals surface area contributed by atoms with E-state index in [9.17, 15) is 9.59 Å². The second kappa shape index (κ2) is 11.1. The SMILES string of the molecule is CCNC(=O)C(C)N(Cc1ccccc1C)C(=O)CSCc1ccccc1Cl. The summed E-state index contributed by atoms with van der Waals surface area (Å²) >= 11 is 7.70. The van der Waals surface area contributed by atoms with E-state index in [1.54, 1.807) is 11.8 Å². The fourth-order valence-electron chi connectivity index (χ4n) is 2.82. The molecule has 0 bridgehead atoms. The highest BCUT2D eigenvalue weighted by molar-refractivity contribution is 7.99. The molecule has 6 heteroatoms. The van der Waals surface area contributed by atoms with Gasteiger partial charge in [0.15, 0.2) is 0 Å². The van der Waals surface area contributed by atoms with Crippen molar-refractivity contribution in [1.82, 2.24) is 10.2 Å². The Morgan fingerprint density at radius 1 is 1.11 bits per heavy atom. The number of rotatable bonds is 9. The molecule has 0 spiro atoms. The van der Waals surface area contributed by atoms with Gasteiger partial charge in [-0.05, 0) is 43.5 Å². The molecule has 0 saturated carbocycles. The predicted molar refractivity (Wildman–Crippen MR) is 117 cm³/mol. The quantitative estimate of drug-likeness (QED) is 0.655. The number of nitrogens with one attached hydrogen (secondary N) is 1. The van der Waals surface area contributed by atoms with E-state index in [2.05, 4.69) is 5.32 Å². The van der Waals surface area contributed by atoms with Crippen LogP contribution in [-0.2, 0) is 21.9 Å². The lowest BCUT2D eigenvalue weighted by molar-refractivity contribution is -0.138. The Morgan fingerprint density at radius 2 is 1.75 bits per heavy atom. The third kappa shape index (κ3) is 6.28. The summed E-state index contributed by atoms with van der Waals surface area (Å²) in [4.78, 5) is 27.0. The number of likely N-dealkylation sites (N-methyl/N-ethyl adjacent to an activating group) is 1. The smallest absolute Gasteiger partial charge is 0.242 e. The van der Waals surface area contributed by atoms with Gasteiger partial charge >= 0.3 is 0 Å².